The Kier molecular flexibility index (Phi) is 14.0. The lowest BCUT2D eigenvalue weighted by molar-refractivity contribution is -0.149. The average Bonchev–Trinajstić information content (AvgIpc) is 2.94. The quantitative estimate of drug-likeness (QED) is 0.187. The first-order chi connectivity index (χ1) is 18.7. The Hall–Kier alpha value is -2.08. The van der Waals surface area contributed by atoms with Gasteiger partial charge in [-0.15, -0.1) is 0 Å². The number of hydrogen-bond acceptors (Lipinski definition) is 5. The first-order valence-corrected chi connectivity index (χ1v) is 14.9. The third-order valence-corrected chi connectivity index (χ3v) is 7.32. The highest BCUT2D eigenvalue weighted by Gasteiger charge is 2.40. The summed E-state index contributed by atoms with van der Waals surface area (Å²) in [5.74, 6) is 2.08. The van der Waals surface area contributed by atoms with Gasteiger partial charge in [-0.25, -0.2) is 0 Å². The van der Waals surface area contributed by atoms with Crippen molar-refractivity contribution in [3.05, 3.63) is 59.7 Å². The van der Waals surface area contributed by atoms with Gasteiger partial charge in [0.05, 0.1) is 25.9 Å². The molecule has 0 bridgehead atoms. The van der Waals surface area contributed by atoms with Crippen molar-refractivity contribution in [3.63, 3.8) is 0 Å². The van der Waals surface area contributed by atoms with Crippen molar-refractivity contribution in [2.45, 2.75) is 96.9 Å². The summed E-state index contributed by atoms with van der Waals surface area (Å²) in [7, 11) is 1.70. The molecule has 2 aromatic rings. The fourth-order valence-corrected chi connectivity index (χ4v) is 5.06. The molecule has 0 aromatic heterocycles. The molecule has 1 saturated carbocycles. The van der Waals surface area contributed by atoms with Gasteiger partial charge in [0.25, 0.3) is 0 Å². The molecule has 1 aliphatic rings. The van der Waals surface area contributed by atoms with E-state index in [9.17, 15) is 0 Å². The first-order valence-electron chi connectivity index (χ1n) is 14.9. The molecule has 0 spiro atoms. The Labute approximate surface area is 231 Å². The molecule has 0 saturated heterocycles. The lowest BCUT2D eigenvalue weighted by Crippen LogP contribution is -2.49. The van der Waals surface area contributed by atoms with Crippen molar-refractivity contribution in [3.8, 4) is 11.5 Å². The summed E-state index contributed by atoms with van der Waals surface area (Å²) in [5, 5.41) is 0. The number of methoxy groups -OCH3 is 1. The minimum atomic E-state index is 0.0191. The number of para-hydroxylation sites is 1. The van der Waals surface area contributed by atoms with Gasteiger partial charge in [-0.2, -0.15) is 0 Å². The van der Waals surface area contributed by atoms with Crippen LogP contribution in [0.3, 0.4) is 0 Å². The molecule has 0 aliphatic heterocycles. The van der Waals surface area contributed by atoms with Crippen LogP contribution in [0.15, 0.2) is 48.5 Å². The maximum absolute atomic E-state index is 6.76. The number of ether oxygens (including phenoxy) is 5. The molecule has 0 unspecified atom stereocenters. The fraction of sp³-hybridized carbons (Fsp3) is 0.636. The third kappa shape index (κ3) is 9.91. The second-order valence-electron chi connectivity index (χ2n) is 10.5. The van der Waals surface area contributed by atoms with Crippen molar-refractivity contribution in [1.82, 2.24) is 0 Å². The molecule has 5 nitrogen and oxygen atoms in total. The minimum Gasteiger partial charge on any atom is -0.497 e. The van der Waals surface area contributed by atoms with E-state index in [0.29, 0.717) is 6.61 Å². The van der Waals surface area contributed by atoms with Crippen molar-refractivity contribution < 1.29 is 23.7 Å². The van der Waals surface area contributed by atoms with E-state index in [0.717, 1.165) is 89.1 Å². The summed E-state index contributed by atoms with van der Waals surface area (Å²) < 4.78 is 31.2. The van der Waals surface area contributed by atoms with Crippen LogP contribution >= 0.6 is 0 Å². The van der Waals surface area contributed by atoms with E-state index >= 15 is 0 Å². The number of unbranched alkanes of at least 4 members (excludes halogenated alkanes) is 3. The molecule has 1 fully saturated rings. The van der Waals surface area contributed by atoms with Gasteiger partial charge in [0.2, 0.25) is 0 Å². The van der Waals surface area contributed by atoms with Crippen molar-refractivity contribution >= 4 is 0 Å². The van der Waals surface area contributed by atoms with Crippen LogP contribution in [-0.2, 0) is 20.6 Å². The Morgan fingerprint density at radius 3 is 2.16 bits per heavy atom. The largest absolute Gasteiger partial charge is 0.497 e. The van der Waals surface area contributed by atoms with Crippen LogP contribution in [-0.4, -0.2) is 51.8 Å². The molecule has 38 heavy (non-hydrogen) atoms. The summed E-state index contributed by atoms with van der Waals surface area (Å²) in [5.41, 5.74) is 2.43. The van der Waals surface area contributed by atoms with E-state index in [1.54, 1.807) is 7.11 Å². The van der Waals surface area contributed by atoms with Gasteiger partial charge < -0.3 is 23.7 Å². The third-order valence-electron chi connectivity index (χ3n) is 7.32. The van der Waals surface area contributed by atoms with E-state index in [2.05, 4.69) is 57.2 Å². The van der Waals surface area contributed by atoms with Crippen LogP contribution in [0, 0.1) is 5.92 Å². The topological polar surface area (TPSA) is 46.2 Å². The van der Waals surface area contributed by atoms with Crippen molar-refractivity contribution in [2.75, 3.05) is 33.5 Å². The molecular formula is C33H50O5. The summed E-state index contributed by atoms with van der Waals surface area (Å²) in [6, 6.07) is 16.7. The molecule has 0 amide bonds. The number of hydrogen-bond donors (Lipinski definition) is 0. The van der Waals surface area contributed by atoms with E-state index in [1.807, 2.05) is 12.1 Å². The highest BCUT2D eigenvalue weighted by atomic mass is 16.5. The van der Waals surface area contributed by atoms with Gasteiger partial charge in [-0.3, -0.25) is 0 Å². The van der Waals surface area contributed by atoms with Crippen molar-refractivity contribution in [1.29, 1.82) is 0 Å². The SMILES string of the molecule is CCCCOC[C@H]1C[C@@H](Oc2ccccc2Cc2ccc(OC)cc2)C[C@@H](OCCCC)[C@@H]1OCCCC. The monoisotopic (exact) mass is 526 g/mol. The fourth-order valence-electron chi connectivity index (χ4n) is 5.06. The smallest absolute Gasteiger partial charge is 0.123 e. The van der Waals surface area contributed by atoms with E-state index in [4.69, 9.17) is 23.7 Å². The minimum absolute atomic E-state index is 0.0191. The summed E-state index contributed by atoms with van der Waals surface area (Å²) >= 11 is 0. The summed E-state index contributed by atoms with van der Waals surface area (Å²) in [4.78, 5) is 0. The number of rotatable bonds is 18. The highest BCUT2D eigenvalue weighted by molar-refractivity contribution is 5.39. The van der Waals surface area contributed by atoms with E-state index in [-0.39, 0.29) is 24.2 Å². The normalized spacial score (nSPS) is 21.4. The Morgan fingerprint density at radius 2 is 1.45 bits per heavy atom. The second-order valence-corrected chi connectivity index (χ2v) is 10.5. The molecule has 0 radical (unpaired) electrons. The van der Waals surface area contributed by atoms with Gasteiger partial charge in [-0.05, 0) is 55.0 Å². The maximum Gasteiger partial charge on any atom is 0.123 e. The Bertz CT molecular complexity index is 883. The predicted octanol–water partition coefficient (Wildman–Crippen LogP) is 7.63. The molecule has 2 aromatic carbocycles. The zero-order valence-corrected chi connectivity index (χ0v) is 24.2. The summed E-state index contributed by atoms with van der Waals surface area (Å²) in [6.45, 7) is 9.64. The van der Waals surface area contributed by atoms with Gasteiger partial charge >= 0.3 is 0 Å². The van der Waals surface area contributed by atoms with Crippen LogP contribution < -0.4 is 9.47 Å². The molecular weight excluding hydrogens is 476 g/mol. The van der Waals surface area contributed by atoms with E-state index < -0.39 is 0 Å². The van der Waals surface area contributed by atoms with Gasteiger partial charge in [0, 0.05) is 38.6 Å². The Morgan fingerprint density at radius 1 is 0.763 bits per heavy atom. The van der Waals surface area contributed by atoms with Crippen molar-refractivity contribution in [2.24, 2.45) is 5.92 Å². The highest BCUT2D eigenvalue weighted by Crippen LogP contribution is 2.34. The summed E-state index contributed by atoms with van der Waals surface area (Å²) in [6.07, 6.45) is 9.30. The molecule has 5 heteroatoms. The molecule has 3 rings (SSSR count). The average molecular weight is 527 g/mol. The zero-order valence-electron chi connectivity index (χ0n) is 24.2. The van der Waals surface area contributed by atoms with Crippen LogP contribution in [0.4, 0.5) is 0 Å². The number of benzene rings is 2. The van der Waals surface area contributed by atoms with Gasteiger partial charge in [0.1, 0.15) is 17.6 Å². The van der Waals surface area contributed by atoms with Gasteiger partial charge in [-0.1, -0.05) is 70.4 Å². The van der Waals surface area contributed by atoms with Crippen LogP contribution in [0.5, 0.6) is 11.5 Å². The second kappa shape index (κ2) is 17.5. The van der Waals surface area contributed by atoms with Gasteiger partial charge in [0.15, 0.2) is 0 Å². The van der Waals surface area contributed by atoms with E-state index in [1.165, 1.54) is 11.1 Å². The van der Waals surface area contributed by atoms with Crippen LogP contribution in [0.2, 0.25) is 0 Å². The zero-order chi connectivity index (χ0) is 27.0. The molecule has 4 atom stereocenters. The molecule has 1 aliphatic carbocycles. The maximum atomic E-state index is 6.76. The molecule has 0 N–H and O–H groups in total. The standard InChI is InChI=1S/C33H50O5/c1-5-8-19-35-25-28-23-30(24-32(36-20-9-6-2)33(28)37-21-10-7-3)38-31-14-12-11-13-27(31)22-26-15-17-29(34-4)18-16-26/h11-18,28,30,32-33H,5-10,19-25H2,1-4H3/t28-,30-,32-,33-/m1/s1. The lowest BCUT2D eigenvalue weighted by atomic mass is 9.82. The first kappa shape index (κ1) is 30.5. The lowest BCUT2D eigenvalue weighted by Gasteiger charge is -2.41. The Balaban J connectivity index is 1.74. The van der Waals surface area contributed by atoms with Crippen LogP contribution in [0.25, 0.3) is 0 Å². The van der Waals surface area contributed by atoms with Crippen LogP contribution in [0.1, 0.15) is 83.3 Å². The predicted molar refractivity (Wildman–Crippen MR) is 154 cm³/mol. The molecule has 0 heterocycles. The molecule has 212 valence electrons.